The molecular formula is C18H17N3O2S. The summed E-state index contributed by atoms with van der Waals surface area (Å²) in [4.78, 5) is 18.7. The van der Waals surface area contributed by atoms with Crippen LogP contribution in [0, 0.1) is 0 Å². The Hall–Kier alpha value is -2.47. The van der Waals surface area contributed by atoms with Gasteiger partial charge in [0.15, 0.2) is 5.82 Å². The minimum absolute atomic E-state index is 0.0283. The molecule has 1 saturated heterocycles. The fraction of sp³-hybridized carbons (Fsp3) is 0.278. The number of rotatable bonds is 4. The van der Waals surface area contributed by atoms with Gasteiger partial charge in [0.1, 0.15) is 0 Å². The smallest absolute Gasteiger partial charge is 0.258 e. The Balaban J connectivity index is 1.53. The van der Waals surface area contributed by atoms with Gasteiger partial charge in [-0.15, -0.1) is 0 Å². The Kier molecular flexibility index (Phi) is 3.90. The van der Waals surface area contributed by atoms with E-state index >= 15 is 0 Å². The number of hydrogen-bond donors (Lipinski definition) is 0. The van der Waals surface area contributed by atoms with Crippen molar-refractivity contribution in [3.63, 3.8) is 0 Å². The van der Waals surface area contributed by atoms with Crippen LogP contribution < -0.4 is 4.90 Å². The highest BCUT2D eigenvalue weighted by molar-refractivity contribution is 7.08. The predicted molar refractivity (Wildman–Crippen MR) is 93.1 cm³/mol. The van der Waals surface area contributed by atoms with Crippen LogP contribution in [0.2, 0.25) is 0 Å². The van der Waals surface area contributed by atoms with E-state index in [1.165, 1.54) is 5.56 Å². The normalized spacial score (nSPS) is 17.6. The standard InChI is InChI=1S/C18H17N3O2S/c1-2-12-3-5-15(6-4-12)21-10-14(9-16(21)22)17-19-18(23-20-17)13-7-8-24-11-13/h3-8,11,14H,2,9-10H2,1H3/t14-/m1/s1. The van der Waals surface area contributed by atoms with E-state index in [4.69, 9.17) is 4.52 Å². The molecule has 6 heteroatoms. The lowest BCUT2D eigenvalue weighted by Crippen LogP contribution is -2.24. The molecule has 0 aliphatic carbocycles. The largest absolute Gasteiger partial charge is 0.334 e. The molecule has 122 valence electrons. The minimum atomic E-state index is -0.0283. The first-order valence-electron chi connectivity index (χ1n) is 8.00. The summed E-state index contributed by atoms with van der Waals surface area (Å²) in [5.41, 5.74) is 3.12. The number of carbonyl (C=O) groups is 1. The number of amides is 1. The third-order valence-electron chi connectivity index (χ3n) is 4.36. The van der Waals surface area contributed by atoms with E-state index in [1.807, 2.05) is 33.9 Å². The molecule has 3 heterocycles. The second kappa shape index (κ2) is 6.20. The molecule has 1 aliphatic heterocycles. The highest BCUT2D eigenvalue weighted by atomic mass is 32.1. The van der Waals surface area contributed by atoms with E-state index in [0.717, 1.165) is 17.7 Å². The number of nitrogens with zero attached hydrogens (tertiary/aromatic N) is 3. The lowest BCUT2D eigenvalue weighted by molar-refractivity contribution is -0.117. The van der Waals surface area contributed by atoms with Crippen molar-refractivity contribution in [2.24, 2.45) is 0 Å². The lowest BCUT2D eigenvalue weighted by atomic mass is 10.1. The average molecular weight is 339 g/mol. The lowest BCUT2D eigenvalue weighted by Gasteiger charge is -2.16. The van der Waals surface area contributed by atoms with E-state index < -0.39 is 0 Å². The first kappa shape index (κ1) is 15.1. The van der Waals surface area contributed by atoms with Gasteiger partial charge in [-0.1, -0.05) is 24.2 Å². The number of thiophene rings is 1. The highest BCUT2D eigenvalue weighted by Crippen LogP contribution is 2.32. The molecule has 0 bridgehead atoms. The molecule has 24 heavy (non-hydrogen) atoms. The van der Waals surface area contributed by atoms with Crippen LogP contribution in [0.3, 0.4) is 0 Å². The van der Waals surface area contributed by atoms with Gasteiger partial charge in [0.2, 0.25) is 5.91 Å². The maximum absolute atomic E-state index is 12.4. The summed E-state index contributed by atoms with van der Waals surface area (Å²) in [6.07, 6.45) is 1.41. The molecule has 0 radical (unpaired) electrons. The molecule has 5 nitrogen and oxygen atoms in total. The molecule has 3 aromatic rings. The summed E-state index contributed by atoms with van der Waals surface area (Å²) in [5, 5.41) is 8.03. The zero-order chi connectivity index (χ0) is 16.5. The van der Waals surface area contributed by atoms with Gasteiger partial charge in [-0.25, -0.2) is 0 Å². The van der Waals surface area contributed by atoms with Crippen LogP contribution in [0.25, 0.3) is 11.5 Å². The maximum atomic E-state index is 12.4. The summed E-state index contributed by atoms with van der Waals surface area (Å²) in [7, 11) is 0. The van der Waals surface area contributed by atoms with Crippen molar-refractivity contribution in [2.45, 2.75) is 25.7 Å². The molecule has 0 saturated carbocycles. The van der Waals surface area contributed by atoms with Gasteiger partial charge in [0.05, 0.1) is 5.56 Å². The summed E-state index contributed by atoms with van der Waals surface area (Å²) in [6, 6.07) is 10.1. The Morgan fingerprint density at radius 2 is 2.12 bits per heavy atom. The monoisotopic (exact) mass is 339 g/mol. The van der Waals surface area contributed by atoms with Gasteiger partial charge < -0.3 is 9.42 Å². The number of carbonyl (C=O) groups excluding carboxylic acids is 1. The van der Waals surface area contributed by atoms with Crippen LogP contribution in [0.15, 0.2) is 45.6 Å². The molecule has 1 amide bonds. The Morgan fingerprint density at radius 1 is 1.29 bits per heavy atom. The predicted octanol–water partition coefficient (Wildman–Crippen LogP) is 3.88. The van der Waals surface area contributed by atoms with E-state index in [-0.39, 0.29) is 11.8 Å². The number of aryl methyl sites for hydroxylation is 1. The topological polar surface area (TPSA) is 59.2 Å². The SMILES string of the molecule is CCc1ccc(N2C[C@H](c3noc(-c4ccsc4)n3)CC2=O)cc1. The minimum Gasteiger partial charge on any atom is -0.334 e. The van der Waals surface area contributed by atoms with Gasteiger partial charge in [-0.05, 0) is 35.6 Å². The van der Waals surface area contributed by atoms with E-state index in [1.54, 1.807) is 11.3 Å². The average Bonchev–Trinajstić information content (AvgIpc) is 3.34. The van der Waals surface area contributed by atoms with Crippen molar-refractivity contribution in [1.82, 2.24) is 10.1 Å². The molecule has 0 spiro atoms. The Morgan fingerprint density at radius 3 is 2.83 bits per heavy atom. The van der Waals surface area contributed by atoms with Crippen LogP contribution in [0.5, 0.6) is 0 Å². The van der Waals surface area contributed by atoms with Crippen LogP contribution in [-0.2, 0) is 11.2 Å². The first-order chi connectivity index (χ1) is 11.7. The van der Waals surface area contributed by atoms with Crippen molar-refractivity contribution in [1.29, 1.82) is 0 Å². The summed E-state index contributed by atoms with van der Waals surface area (Å²) in [6.45, 7) is 2.71. The van der Waals surface area contributed by atoms with E-state index in [9.17, 15) is 4.79 Å². The summed E-state index contributed by atoms with van der Waals surface area (Å²) < 4.78 is 5.34. The van der Waals surface area contributed by atoms with Crippen molar-refractivity contribution in [3.8, 4) is 11.5 Å². The van der Waals surface area contributed by atoms with Crippen molar-refractivity contribution in [3.05, 3.63) is 52.5 Å². The molecule has 0 N–H and O–H groups in total. The second-order valence-corrected chi connectivity index (χ2v) is 6.68. The van der Waals surface area contributed by atoms with Gasteiger partial charge in [0, 0.05) is 30.0 Å². The Bertz CT molecular complexity index is 840. The van der Waals surface area contributed by atoms with Crippen LogP contribution >= 0.6 is 11.3 Å². The fourth-order valence-corrected chi connectivity index (χ4v) is 3.58. The van der Waals surface area contributed by atoms with E-state index in [0.29, 0.717) is 24.7 Å². The fourth-order valence-electron chi connectivity index (χ4n) is 2.95. The maximum Gasteiger partial charge on any atom is 0.258 e. The van der Waals surface area contributed by atoms with Gasteiger partial charge in [0.25, 0.3) is 5.89 Å². The second-order valence-electron chi connectivity index (χ2n) is 5.90. The third-order valence-corrected chi connectivity index (χ3v) is 5.04. The highest BCUT2D eigenvalue weighted by Gasteiger charge is 2.34. The molecular weight excluding hydrogens is 322 g/mol. The van der Waals surface area contributed by atoms with Crippen LogP contribution in [-0.4, -0.2) is 22.6 Å². The van der Waals surface area contributed by atoms with Crippen molar-refractivity contribution in [2.75, 3.05) is 11.4 Å². The molecule has 2 aromatic heterocycles. The molecule has 0 unspecified atom stereocenters. The number of aromatic nitrogens is 2. The molecule has 1 atom stereocenters. The third kappa shape index (κ3) is 2.73. The number of hydrogen-bond acceptors (Lipinski definition) is 5. The molecule has 1 aromatic carbocycles. The van der Waals surface area contributed by atoms with Crippen LogP contribution in [0.1, 0.15) is 30.7 Å². The van der Waals surface area contributed by atoms with Gasteiger partial charge >= 0.3 is 0 Å². The summed E-state index contributed by atoms with van der Waals surface area (Å²) in [5.74, 6) is 1.20. The van der Waals surface area contributed by atoms with Crippen molar-refractivity contribution >= 4 is 22.9 Å². The number of benzene rings is 1. The zero-order valence-electron chi connectivity index (χ0n) is 13.3. The van der Waals surface area contributed by atoms with Gasteiger partial charge in [-0.2, -0.15) is 16.3 Å². The van der Waals surface area contributed by atoms with E-state index in [2.05, 4.69) is 29.2 Å². The quantitative estimate of drug-likeness (QED) is 0.724. The molecule has 4 rings (SSSR count). The summed E-state index contributed by atoms with van der Waals surface area (Å²) >= 11 is 1.59. The first-order valence-corrected chi connectivity index (χ1v) is 8.94. The number of anilines is 1. The van der Waals surface area contributed by atoms with Gasteiger partial charge in [-0.3, -0.25) is 4.79 Å². The van der Waals surface area contributed by atoms with Crippen molar-refractivity contribution < 1.29 is 9.32 Å². The zero-order valence-corrected chi connectivity index (χ0v) is 14.1. The van der Waals surface area contributed by atoms with Crippen LogP contribution in [0.4, 0.5) is 5.69 Å². The molecule has 1 fully saturated rings. The molecule has 1 aliphatic rings. The Labute approximate surface area is 143 Å².